The van der Waals surface area contributed by atoms with E-state index in [0.29, 0.717) is 12.1 Å². The first-order chi connectivity index (χ1) is 11.2. The van der Waals surface area contributed by atoms with Gasteiger partial charge in [0.25, 0.3) is 5.91 Å². The monoisotopic (exact) mass is 364 g/mol. The van der Waals surface area contributed by atoms with Gasteiger partial charge in [-0.15, -0.1) is 12.4 Å². The predicted octanol–water partition coefficient (Wildman–Crippen LogP) is 3.24. The number of nitrogens with zero attached hydrogens (tertiary/aromatic N) is 2. The Morgan fingerprint density at radius 3 is 2.36 bits per heavy atom. The second kappa shape index (κ2) is 8.50. The number of amides is 1. The molecule has 0 bridgehead atoms. The molecule has 1 unspecified atom stereocenters. The summed E-state index contributed by atoms with van der Waals surface area (Å²) < 4.78 is 1.79. The number of carbonyl (C=O) groups excluding carboxylic acids is 1. The van der Waals surface area contributed by atoms with Crippen molar-refractivity contribution >= 4 is 18.3 Å². The maximum absolute atomic E-state index is 12.6. The molecule has 0 aliphatic carbocycles. The summed E-state index contributed by atoms with van der Waals surface area (Å²) in [6.45, 7) is 10.9. The highest BCUT2D eigenvalue weighted by Crippen LogP contribution is 2.25. The average Bonchev–Trinajstić information content (AvgIpc) is 2.98. The molecule has 1 aromatic carbocycles. The van der Waals surface area contributed by atoms with Crippen LogP contribution in [0.15, 0.2) is 30.5 Å². The quantitative estimate of drug-likeness (QED) is 0.856. The molecule has 1 amide bonds. The van der Waals surface area contributed by atoms with Crippen LogP contribution in [0.1, 0.15) is 49.3 Å². The topological polar surface area (TPSA) is 58.9 Å². The van der Waals surface area contributed by atoms with Crippen molar-refractivity contribution in [2.45, 2.75) is 46.1 Å². The van der Waals surface area contributed by atoms with Gasteiger partial charge in [-0.3, -0.25) is 4.79 Å². The predicted molar refractivity (Wildman–Crippen MR) is 105 cm³/mol. The van der Waals surface area contributed by atoms with Gasteiger partial charge in [0, 0.05) is 24.2 Å². The zero-order valence-corrected chi connectivity index (χ0v) is 16.7. The van der Waals surface area contributed by atoms with Crippen LogP contribution >= 0.6 is 12.4 Å². The third kappa shape index (κ3) is 5.31. The van der Waals surface area contributed by atoms with Crippen LogP contribution < -0.4 is 10.6 Å². The second-order valence-electron chi connectivity index (χ2n) is 7.32. The number of hydrogen-bond acceptors (Lipinski definition) is 3. The molecule has 1 heterocycles. The van der Waals surface area contributed by atoms with Gasteiger partial charge in [0.05, 0.1) is 16.9 Å². The number of aromatic nitrogens is 2. The highest BCUT2D eigenvalue weighted by Gasteiger charge is 2.26. The Bertz CT molecular complexity index is 701. The van der Waals surface area contributed by atoms with Crippen LogP contribution in [0.25, 0.3) is 5.69 Å². The van der Waals surface area contributed by atoms with Crippen molar-refractivity contribution in [1.82, 2.24) is 20.4 Å². The number of nitrogens with one attached hydrogen (secondary N) is 2. The first-order valence-electron chi connectivity index (χ1n) is 8.35. The molecule has 2 rings (SSSR count). The maximum atomic E-state index is 12.6. The lowest BCUT2D eigenvalue weighted by Crippen LogP contribution is -2.37. The van der Waals surface area contributed by atoms with Gasteiger partial charge < -0.3 is 10.6 Å². The van der Waals surface area contributed by atoms with E-state index in [-0.39, 0.29) is 29.8 Å². The first-order valence-corrected chi connectivity index (χ1v) is 8.35. The van der Waals surface area contributed by atoms with Crippen molar-refractivity contribution in [2.75, 3.05) is 13.6 Å². The second-order valence-corrected chi connectivity index (χ2v) is 7.32. The summed E-state index contributed by atoms with van der Waals surface area (Å²) in [6.07, 6.45) is 1.82. The van der Waals surface area contributed by atoms with E-state index in [2.05, 4.69) is 43.4 Å². The smallest absolute Gasteiger partial charge is 0.254 e. The average molecular weight is 365 g/mol. The fourth-order valence-electron chi connectivity index (χ4n) is 2.37. The van der Waals surface area contributed by atoms with Crippen LogP contribution in [-0.2, 0) is 5.41 Å². The Balaban J connectivity index is 0.00000312. The standard InChI is InChI=1S/C19H28N4O.ClH/c1-13-7-9-15(10-8-13)23-12-16(17(22-23)19(3,4)5)18(24)21-11-14(2)20-6;/h7-10,12,14,20H,11H2,1-6H3,(H,21,24);1H. The van der Waals surface area contributed by atoms with E-state index >= 15 is 0 Å². The molecular weight excluding hydrogens is 336 g/mol. The normalized spacial score (nSPS) is 12.4. The van der Waals surface area contributed by atoms with Gasteiger partial charge in [-0.05, 0) is 33.0 Å². The molecule has 0 aliphatic rings. The number of carbonyl (C=O) groups is 1. The largest absolute Gasteiger partial charge is 0.350 e. The number of hydrogen-bond donors (Lipinski definition) is 2. The molecule has 138 valence electrons. The van der Waals surface area contributed by atoms with Crippen LogP contribution in [0, 0.1) is 6.92 Å². The van der Waals surface area contributed by atoms with Gasteiger partial charge in [0.15, 0.2) is 0 Å². The van der Waals surface area contributed by atoms with E-state index < -0.39 is 0 Å². The van der Waals surface area contributed by atoms with Crippen molar-refractivity contribution < 1.29 is 4.79 Å². The molecule has 6 heteroatoms. The Morgan fingerprint density at radius 2 is 1.84 bits per heavy atom. The Labute approximate surface area is 156 Å². The lowest BCUT2D eigenvalue weighted by Gasteiger charge is -2.18. The van der Waals surface area contributed by atoms with Crippen LogP contribution in [0.2, 0.25) is 0 Å². The summed E-state index contributed by atoms with van der Waals surface area (Å²) in [6, 6.07) is 8.34. The van der Waals surface area contributed by atoms with Crippen molar-refractivity contribution in [3.63, 3.8) is 0 Å². The molecule has 0 aliphatic heterocycles. The number of aryl methyl sites for hydroxylation is 1. The lowest BCUT2D eigenvalue weighted by molar-refractivity contribution is 0.0948. The van der Waals surface area contributed by atoms with Gasteiger partial charge in [-0.2, -0.15) is 5.10 Å². The zero-order chi connectivity index (χ0) is 17.9. The van der Waals surface area contributed by atoms with E-state index in [9.17, 15) is 4.79 Å². The number of benzene rings is 1. The molecule has 1 aromatic heterocycles. The molecule has 0 saturated heterocycles. The van der Waals surface area contributed by atoms with Gasteiger partial charge in [-0.25, -0.2) is 4.68 Å². The summed E-state index contributed by atoms with van der Waals surface area (Å²) in [7, 11) is 1.88. The van der Waals surface area contributed by atoms with E-state index in [0.717, 1.165) is 11.4 Å². The molecule has 2 N–H and O–H groups in total. The van der Waals surface area contributed by atoms with E-state index in [4.69, 9.17) is 0 Å². The van der Waals surface area contributed by atoms with Crippen molar-refractivity contribution in [3.05, 3.63) is 47.3 Å². The minimum Gasteiger partial charge on any atom is -0.350 e. The first kappa shape index (κ1) is 21.2. The summed E-state index contributed by atoms with van der Waals surface area (Å²) in [5, 5.41) is 10.8. The Kier molecular flexibility index (Phi) is 7.20. The van der Waals surface area contributed by atoms with E-state index in [1.807, 2.05) is 44.4 Å². The molecular formula is C19H29ClN4O. The van der Waals surface area contributed by atoms with Crippen LogP contribution in [0.5, 0.6) is 0 Å². The molecule has 5 nitrogen and oxygen atoms in total. The van der Waals surface area contributed by atoms with E-state index in [1.165, 1.54) is 5.56 Å². The zero-order valence-electron chi connectivity index (χ0n) is 15.9. The van der Waals surface area contributed by atoms with Gasteiger partial charge in [-0.1, -0.05) is 38.5 Å². The molecule has 1 atom stereocenters. The SMILES string of the molecule is CNC(C)CNC(=O)c1cn(-c2ccc(C)cc2)nc1C(C)(C)C.Cl. The lowest BCUT2D eigenvalue weighted by atomic mass is 9.89. The van der Waals surface area contributed by atoms with Crippen LogP contribution in [0.4, 0.5) is 0 Å². The van der Waals surface area contributed by atoms with Gasteiger partial charge >= 0.3 is 0 Å². The minimum absolute atomic E-state index is 0. The van der Waals surface area contributed by atoms with E-state index in [1.54, 1.807) is 4.68 Å². The van der Waals surface area contributed by atoms with Gasteiger partial charge in [0.2, 0.25) is 0 Å². The highest BCUT2D eigenvalue weighted by molar-refractivity contribution is 5.95. The third-order valence-electron chi connectivity index (χ3n) is 4.03. The van der Waals surface area contributed by atoms with Crippen molar-refractivity contribution in [2.24, 2.45) is 0 Å². The fraction of sp³-hybridized carbons (Fsp3) is 0.474. The molecule has 0 saturated carbocycles. The number of halogens is 1. The van der Waals surface area contributed by atoms with Crippen molar-refractivity contribution in [3.8, 4) is 5.69 Å². The van der Waals surface area contributed by atoms with Crippen LogP contribution in [-0.4, -0.2) is 35.3 Å². The van der Waals surface area contributed by atoms with Crippen molar-refractivity contribution in [1.29, 1.82) is 0 Å². The number of rotatable bonds is 5. The minimum atomic E-state index is -0.211. The highest BCUT2D eigenvalue weighted by atomic mass is 35.5. The number of likely N-dealkylation sites (N-methyl/N-ethyl adjacent to an activating group) is 1. The Morgan fingerprint density at radius 1 is 1.24 bits per heavy atom. The Hall–Kier alpha value is -1.85. The summed E-state index contributed by atoms with van der Waals surface area (Å²) >= 11 is 0. The van der Waals surface area contributed by atoms with Crippen LogP contribution in [0.3, 0.4) is 0 Å². The third-order valence-corrected chi connectivity index (χ3v) is 4.03. The molecule has 0 radical (unpaired) electrons. The molecule has 2 aromatic rings. The molecule has 25 heavy (non-hydrogen) atoms. The molecule has 0 spiro atoms. The summed E-state index contributed by atoms with van der Waals surface area (Å²) in [5.41, 5.74) is 3.37. The fourth-order valence-corrected chi connectivity index (χ4v) is 2.37. The summed E-state index contributed by atoms with van der Waals surface area (Å²) in [5.74, 6) is -0.0830. The maximum Gasteiger partial charge on any atom is 0.254 e. The molecule has 0 fully saturated rings. The summed E-state index contributed by atoms with van der Waals surface area (Å²) in [4.78, 5) is 12.6. The van der Waals surface area contributed by atoms with Gasteiger partial charge in [0.1, 0.15) is 0 Å².